The van der Waals surface area contributed by atoms with Gasteiger partial charge in [0.1, 0.15) is 5.60 Å². The van der Waals surface area contributed by atoms with Gasteiger partial charge >= 0.3 is 6.09 Å². The minimum atomic E-state index is -0.552. The molecule has 188 valence electrons. The van der Waals surface area contributed by atoms with Gasteiger partial charge in [-0.3, -0.25) is 9.78 Å². The summed E-state index contributed by atoms with van der Waals surface area (Å²) in [4.78, 5) is 34.4. The van der Waals surface area contributed by atoms with E-state index in [9.17, 15) is 14.7 Å². The number of carbonyl (C=O) groups is 2. The van der Waals surface area contributed by atoms with Crippen LogP contribution in [-0.4, -0.2) is 56.6 Å². The van der Waals surface area contributed by atoms with E-state index < -0.39 is 5.60 Å². The highest BCUT2D eigenvalue weighted by Crippen LogP contribution is 2.40. The van der Waals surface area contributed by atoms with Gasteiger partial charge in [-0.15, -0.1) is 0 Å². The summed E-state index contributed by atoms with van der Waals surface area (Å²) in [5.41, 5.74) is 3.08. The smallest absolute Gasteiger partial charge is 0.410 e. The van der Waals surface area contributed by atoms with Crippen molar-refractivity contribution in [3.63, 3.8) is 0 Å². The van der Waals surface area contributed by atoms with E-state index in [0.717, 1.165) is 12.8 Å². The molecular formula is C26H31Cl2N3O4. The number of fused-ring (bicyclic) bond motifs is 1. The van der Waals surface area contributed by atoms with Gasteiger partial charge in [0.15, 0.2) is 0 Å². The number of hydrogen-bond acceptors (Lipinski definition) is 5. The van der Waals surface area contributed by atoms with E-state index in [4.69, 9.17) is 27.9 Å². The van der Waals surface area contributed by atoms with E-state index in [1.165, 1.54) is 0 Å². The Bertz CT molecular complexity index is 1160. The molecule has 7 nitrogen and oxygen atoms in total. The fraction of sp³-hybridized carbons (Fsp3) is 0.500. The zero-order chi connectivity index (χ0) is 25.5. The summed E-state index contributed by atoms with van der Waals surface area (Å²) in [6.45, 7) is 8.65. The number of nitrogens with zero attached hydrogens (tertiary/aromatic N) is 3. The molecule has 0 spiro atoms. The Morgan fingerprint density at radius 1 is 1.26 bits per heavy atom. The summed E-state index contributed by atoms with van der Waals surface area (Å²) in [5.74, 6) is -0.148. The first-order valence-corrected chi connectivity index (χ1v) is 12.6. The van der Waals surface area contributed by atoms with Crippen LogP contribution in [0.25, 0.3) is 11.1 Å². The van der Waals surface area contributed by atoms with Gasteiger partial charge in [0.25, 0.3) is 5.91 Å². The second-order valence-corrected chi connectivity index (χ2v) is 11.0. The molecule has 0 unspecified atom stereocenters. The lowest BCUT2D eigenvalue weighted by Gasteiger charge is -2.29. The molecule has 0 saturated carbocycles. The molecule has 1 atom stereocenters. The molecule has 2 amide bonds. The molecule has 1 N–H and O–H groups in total. The summed E-state index contributed by atoms with van der Waals surface area (Å²) in [7, 11) is 0. The third-order valence-corrected chi connectivity index (χ3v) is 7.07. The van der Waals surface area contributed by atoms with Gasteiger partial charge in [-0.25, -0.2) is 4.79 Å². The van der Waals surface area contributed by atoms with Crippen LogP contribution in [0.5, 0.6) is 0 Å². The van der Waals surface area contributed by atoms with E-state index in [2.05, 4.69) is 4.98 Å². The number of aliphatic hydroxyl groups is 1. The largest absolute Gasteiger partial charge is 0.444 e. The number of hydrogen-bond donors (Lipinski definition) is 1. The van der Waals surface area contributed by atoms with Crippen molar-refractivity contribution >= 4 is 35.2 Å². The second kappa shape index (κ2) is 9.96. The Hall–Kier alpha value is -2.35. The SMILES string of the molecule is Cc1nc2c(c(-c3ccc(Cl)cc3Cl)c1CO)C(=O)N(CC[C@@H]1CCCN1C(=O)OC(C)(C)C)C2. The van der Waals surface area contributed by atoms with Crippen LogP contribution in [0.3, 0.4) is 0 Å². The second-order valence-electron chi connectivity index (χ2n) is 10.1. The first kappa shape index (κ1) is 25.7. The summed E-state index contributed by atoms with van der Waals surface area (Å²) in [6, 6.07) is 5.14. The fourth-order valence-electron chi connectivity index (χ4n) is 4.92. The lowest BCUT2D eigenvalue weighted by atomic mass is 9.93. The Morgan fingerprint density at radius 2 is 2.00 bits per heavy atom. The van der Waals surface area contributed by atoms with Gasteiger partial charge in [0, 0.05) is 51.6 Å². The Labute approximate surface area is 216 Å². The van der Waals surface area contributed by atoms with E-state index >= 15 is 0 Å². The molecule has 1 saturated heterocycles. The molecule has 0 aliphatic carbocycles. The summed E-state index contributed by atoms with van der Waals surface area (Å²) in [6.07, 6.45) is 2.15. The minimum absolute atomic E-state index is 0.0224. The molecular weight excluding hydrogens is 489 g/mol. The van der Waals surface area contributed by atoms with Crippen LogP contribution < -0.4 is 0 Å². The third-order valence-electron chi connectivity index (χ3n) is 6.52. The van der Waals surface area contributed by atoms with Crippen molar-refractivity contribution in [3.05, 3.63) is 50.8 Å². The zero-order valence-corrected chi connectivity index (χ0v) is 22.0. The number of aryl methyl sites for hydroxylation is 1. The number of carbonyl (C=O) groups excluding carboxylic acids is 2. The lowest BCUT2D eigenvalue weighted by Crippen LogP contribution is -2.41. The van der Waals surface area contributed by atoms with Crippen LogP contribution in [0.1, 0.15) is 67.3 Å². The standard InChI is InChI=1S/C26H31Cl2N3O4/c1-15-19(14-32)22(18-8-7-16(27)12-20(18)28)23-21(29-15)13-30(24(23)33)11-9-17-6-5-10-31(17)25(34)35-26(2,3)4/h7-8,12,17,32H,5-6,9-11,13-14H2,1-4H3/t17-/m0/s1. The molecule has 1 aromatic heterocycles. The maximum atomic E-state index is 13.6. The van der Waals surface area contributed by atoms with Gasteiger partial charge in [-0.05, 0) is 59.1 Å². The summed E-state index contributed by atoms with van der Waals surface area (Å²) in [5, 5.41) is 11.0. The van der Waals surface area contributed by atoms with Crippen molar-refractivity contribution in [2.45, 2.75) is 71.8 Å². The van der Waals surface area contributed by atoms with Gasteiger partial charge in [0.05, 0.1) is 24.4 Å². The molecule has 0 radical (unpaired) electrons. The number of benzene rings is 1. The van der Waals surface area contributed by atoms with Gasteiger partial charge in [-0.2, -0.15) is 0 Å². The van der Waals surface area contributed by atoms with Crippen LogP contribution in [-0.2, 0) is 17.9 Å². The molecule has 1 fully saturated rings. The fourth-order valence-corrected chi connectivity index (χ4v) is 5.43. The zero-order valence-electron chi connectivity index (χ0n) is 20.5. The van der Waals surface area contributed by atoms with Crippen molar-refractivity contribution in [1.82, 2.24) is 14.8 Å². The van der Waals surface area contributed by atoms with E-state index in [1.54, 1.807) is 28.0 Å². The van der Waals surface area contributed by atoms with Gasteiger partial charge in [-0.1, -0.05) is 29.3 Å². The molecule has 2 aliphatic heterocycles. The van der Waals surface area contributed by atoms with Crippen LogP contribution in [0, 0.1) is 6.92 Å². The topological polar surface area (TPSA) is 83.0 Å². The molecule has 2 aromatic rings. The quantitative estimate of drug-likeness (QED) is 0.555. The average molecular weight is 520 g/mol. The monoisotopic (exact) mass is 519 g/mol. The molecule has 3 heterocycles. The first-order chi connectivity index (χ1) is 16.5. The van der Waals surface area contributed by atoms with E-state index in [1.807, 2.05) is 27.7 Å². The average Bonchev–Trinajstić information content (AvgIpc) is 3.35. The van der Waals surface area contributed by atoms with Crippen LogP contribution in [0.15, 0.2) is 18.2 Å². The predicted molar refractivity (Wildman–Crippen MR) is 136 cm³/mol. The minimum Gasteiger partial charge on any atom is -0.444 e. The van der Waals surface area contributed by atoms with Gasteiger partial charge in [0.2, 0.25) is 0 Å². The molecule has 2 aliphatic rings. The van der Waals surface area contributed by atoms with Crippen molar-refractivity contribution in [1.29, 1.82) is 0 Å². The number of aliphatic hydroxyl groups excluding tert-OH is 1. The number of ether oxygens (including phenoxy) is 1. The Balaban J connectivity index is 1.58. The Morgan fingerprint density at radius 3 is 2.66 bits per heavy atom. The van der Waals surface area contributed by atoms with Crippen molar-refractivity contribution in [2.75, 3.05) is 13.1 Å². The summed E-state index contributed by atoms with van der Waals surface area (Å²) < 4.78 is 5.57. The number of rotatable bonds is 5. The highest BCUT2D eigenvalue weighted by Gasteiger charge is 2.37. The number of aromatic nitrogens is 1. The third kappa shape index (κ3) is 5.27. The van der Waals surface area contributed by atoms with Crippen LogP contribution in [0.4, 0.5) is 4.79 Å². The van der Waals surface area contributed by atoms with Crippen molar-refractivity contribution in [2.24, 2.45) is 0 Å². The number of likely N-dealkylation sites (tertiary alicyclic amines) is 1. The molecule has 9 heteroatoms. The summed E-state index contributed by atoms with van der Waals surface area (Å²) >= 11 is 12.6. The maximum Gasteiger partial charge on any atom is 0.410 e. The highest BCUT2D eigenvalue weighted by atomic mass is 35.5. The van der Waals surface area contributed by atoms with Crippen molar-refractivity contribution < 1.29 is 19.4 Å². The normalized spacial score (nSPS) is 17.8. The number of halogens is 2. The molecule has 35 heavy (non-hydrogen) atoms. The lowest BCUT2D eigenvalue weighted by molar-refractivity contribution is 0.0214. The maximum absolute atomic E-state index is 13.6. The van der Waals surface area contributed by atoms with E-state index in [-0.39, 0.29) is 24.6 Å². The van der Waals surface area contributed by atoms with Crippen LogP contribution in [0.2, 0.25) is 10.0 Å². The number of pyridine rings is 1. The van der Waals surface area contributed by atoms with E-state index in [0.29, 0.717) is 69.7 Å². The van der Waals surface area contributed by atoms with Crippen molar-refractivity contribution in [3.8, 4) is 11.1 Å². The first-order valence-electron chi connectivity index (χ1n) is 11.9. The molecule has 0 bridgehead atoms. The highest BCUT2D eigenvalue weighted by molar-refractivity contribution is 6.36. The molecule has 1 aromatic carbocycles. The predicted octanol–water partition coefficient (Wildman–Crippen LogP) is 5.60. The van der Waals surface area contributed by atoms with Gasteiger partial charge < -0.3 is 19.6 Å². The Kier molecular flexibility index (Phi) is 7.32. The van der Waals surface area contributed by atoms with Crippen LogP contribution >= 0.6 is 23.2 Å². The number of amides is 2. The molecule has 4 rings (SSSR count).